The van der Waals surface area contributed by atoms with Crippen molar-refractivity contribution in [3.05, 3.63) is 76.5 Å². The predicted molar refractivity (Wildman–Crippen MR) is 167 cm³/mol. The van der Waals surface area contributed by atoms with Gasteiger partial charge in [0.2, 0.25) is 0 Å². The number of carbonyl (C=O) groups excluding carboxylic acids is 2. The van der Waals surface area contributed by atoms with E-state index in [2.05, 4.69) is 29.7 Å². The second kappa shape index (κ2) is 13.7. The number of esters is 1. The fraction of sp³-hybridized carbons (Fsp3) is 0.355. The number of pyridine rings is 1. The highest BCUT2D eigenvalue weighted by molar-refractivity contribution is 6.76. The first-order valence-corrected chi connectivity index (χ1v) is 18.0. The zero-order chi connectivity index (χ0) is 31.3. The van der Waals surface area contributed by atoms with Crippen LogP contribution in [-0.2, 0) is 22.7 Å². The molecule has 12 heteroatoms. The first-order valence-electron chi connectivity index (χ1n) is 13.9. The smallest absolute Gasteiger partial charge is 0.357 e. The lowest BCUT2D eigenvalue weighted by Crippen LogP contribution is -2.27. The standard InChI is InChI=1S/C31H36ClFN4O5Si/c1-7-42-26-15-21(14-25(32)27(26)20-9-8-10-23(33)13-20)30(38)36(2)18-22-16-34-28(31(39)40-3)24-17-35-37(29(22)24)19-41-11-12-43(4,5)6/h8-10,13-17H,7,11-12,18-19H2,1-6H3. The maximum atomic E-state index is 14.0. The van der Waals surface area contributed by atoms with Gasteiger partial charge in [-0.2, -0.15) is 5.10 Å². The van der Waals surface area contributed by atoms with E-state index in [4.69, 9.17) is 25.8 Å². The van der Waals surface area contributed by atoms with Gasteiger partial charge in [0.05, 0.1) is 35.8 Å². The maximum Gasteiger partial charge on any atom is 0.357 e. The molecule has 2 heterocycles. The average Bonchev–Trinajstić information content (AvgIpc) is 3.38. The Morgan fingerprint density at radius 1 is 1.14 bits per heavy atom. The van der Waals surface area contributed by atoms with Gasteiger partial charge < -0.3 is 19.1 Å². The van der Waals surface area contributed by atoms with Crippen LogP contribution in [0.4, 0.5) is 4.39 Å². The van der Waals surface area contributed by atoms with E-state index in [0.29, 0.717) is 52.1 Å². The van der Waals surface area contributed by atoms with Crippen molar-refractivity contribution in [1.82, 2.24) is 19.7 Å². The van der Waals surface area contributed by atoms with Crippen LogP contribution in [0.2, 0.25) is 30.7 Å². The Morgan fingerprint density at radius 3 is 2.58 bits per heavy atom. The molecule has 0 radical (unpaired) electrons. The predicted octanol–water partition coefficient (Wildman–Crippen LogP) is 6.66. The maximum absolute atomic E-state index is 14.0. The Morgan fingerprint density at radius 2 is 1.91 bits per heavy atom. The molecule has 0 saturated carbocycles. The molecule has 4 aromatic rings. The number of hydrogen-bond acceptors (Lipinski definition) is 7. The molecule has 0 saturated heterocycles. The van der Waals surface area contributed by atoms with Gasteiger partial charge in [-0.25, -0.2) is 18.9 Å². The summed E-state index contributed by atoms with van der Waals surface area (Å²) < 4.78 is 32.3. The summed E-state index contributed by atoms with van der Waals surface area (Å²) in [5.74, 6) is -0.944. The van der Waals surface area contributed by atoms with Gasteiger partial charge in [-0.3, -0.25) is 4.79 Å². The van der Waals surface area contributed by atoms with Crippen molar-refractivity contribution in [1.29, 1.82) is 0 Å². The van der Waals surface area contributed by atoms with Gasteiger partial charge in [-0.05, 0) is 42.8 Å². The first kappa shape index (κ1) is 32.1. The van der Waals surface area contributed by atoms with E-state index < -0.39 is 19.9 Å². The first-order chi connectivity index (χ1) is 20.4. The number of nitrogens with zero attached hydrogens (tertiary/aromatic N) is 4. The second-order valence-electron chi connectivity index (χ2n) is 11.3. The number of rotatable bonds is 12. The zero-order valence-electron chi connectivity index (χ0n) is 25.2. The highest BCUT2D eigenvalue weighted by Crippen LogP contribution is 2.38. The second-order valence-corrected chi connectivity index (χ2v) is 17.3. The largest absolute Gasteiger partial charge is 0.493 e. The topological polar surface area (TPSA) is 95.8 Å². The van der Waals surface area contributed by atoms with Crippen molar-refractivity contribution in [3.63, 3.8) is 0 Å². The Kier molecular flexibility index (Phi) is 10.2. The summed E-state index contributed by atoms with van der Waals surface area (Å²) in [7, 11) is 1.66. The molecule has 4 rings (SSSR count). The number of hydrogen-bond donors (Lipinski definition) is 0. The summed E-state index contributed by atoms with van der Waals surface area (Å²) in [5, 5.41) is 5.21. The van der Waals surface area contributed by atoms with Crippen LogP contribution in [0.5, 0.6) is 5.75 Å². The lowest BCUT2D eigenvalue weighted by atomic mass is 10.0. The number of methoxy groups -OCH3 is 1. The van der Waals surface area contributed by atoms with Crippen molar-refractivity contribution in [3.8, 4) is 16.9 Å². The van der Waals surface area contributed by atoms with Crippen LogP contribution >= 0.6 is 11.6 Å². The third-order valence-corrected chi connectivity index (χ3v) is 8.81. The van der Waals surface area contributed by atoms with Gasteiger partial charge in [-0.1, -0.05) is 43.4 Å². The third kappa shape index (κ3) is 7.59. The van der Waals surface area contributed by atoms with Crippen molar-refractivity contribution in [2.24, 2.45) is 0 Å². The Hall–Kier alpha value is -3.80. The van der Waals surface area contributed by atoms with Crippen LogP contribution in [-0.4, -0.2) is 67.0 Å². The molecular formula is C31H36ClFN4O5Si. The highest BCUT2D eigenvalue weighted by atomic mass is 35.5. The normalized spacial score (nSPS) is 11.5. The number of amides is 1. The highest BCUT2D eigenvalue weighted by Gasteiger charge is 2.23. The SMILES string of the molecule is CCOc1cc(C(=O)N(C)Cc2cnc(C(=O)OC)c3cnn(COCC[Si](C)(C)C)c23)cc(Cl)c1-c1cccc(F)c1. The zero-order valence-corrected chi connectivity index (χ0v) is 27.0. The summed E-state index contributed by atoms with van der Waals surface area (Å²) in [5.41, 5.74) is 2.76. The molecule has 9 nitrogen and oxygen atoms in total. The van der Waals surface area contributed by atoms with Crippen LogP contribution in [0.25, 0.3) is 22.0 Å². The summed E-state index contributed by atoms with van der Waals surface area (Å²) in [6.07, 6.45) is 3.10. The third-order valence-electron chi connectivity index (χ3n) is 6.81. The number of fused-ring (bicyclic) bond motifs is 1. The van der Waals surface area contributed by atoms with Gasteiger partial charge in [0, 0.05) is 51.2 Å². The van der Waals surface area contributed by atoms with Gasteiger partial charge in [0.15, 0.2) is 5.69 Å². The van der Waals surface area contributed by atoms with E-state index in [0.717, 1.165) is 6.04 Å². The van der Waals surface area contributed by atoms with Crippen LogP contribution in [0.3, 0.4) is 0 Å². The quantitative estimate of drug-likeness (QED) is 0.0985. The Balaban J connectivity index is 1.65. The van der Waals surface area contributed by atoms with E-state index in [9.17, 15) is 14.0 Å². The molecule has 0 aliphatic carbocycles. The average molecular weight is 627 g/mol. The molecule has 0 N–H and O–H groups in total. The van der Waals surface area contributed by atoms with E-state index in [1.165, 1.54) is 24.1 Å². The number of carbonyl (C=O) groups is 2. The van der Waals surface area contributed by atoms with E-state index in [1.807, 2.05) is 6.92 Å². The van der Waals surface area contributed by atoms with Crippen molar-refractivity contribution < 1.29 is 28.2 Å². The molecule has 2 aromatic heterocycles. The Labute approximate surface area is 256 Å². The molecule has 0 aliphatic rings. The number of ether oxygens (including phenoxy) is 3. The minimum atomic E-state index is -1.28. The number of benzene rings is 2. The summed E-state index contributed by atoms with van der Waals surface area (Å²) >= 11 is 6.65. The van der Waals surface area contributed by atoms with E-state index in [1.54, 1.807) is 48.4 Å². The van der Waals surface area contributed by atoms with Crippen molar-refractivity contribution in [2.45, 2.75) is 45.9 Å². The lowest BCUT2D eigenvalue weighted by molar-refractivity contribution is 0.0595. The fourth-order valence-electron chi connectivity index (χ4n) is 4.62. The molecule has 0 aliphatic heterocycles. The molecule has 0 fully saturated rings. The molecule has 2 aromatic carbocycles. The summed E-state index contributed by atoms with van der Waals surface area (Å²) in [6.45, 7) is 9.89. The number of aromatic nitrogens is 3. The van der Waals surface area contributed by atoms with Crippen molar-refractivity contribution >= 4 is 42.5 Å². The van der Waals surface area contributed by atoms with Crippen LogP contribution in [0, 0.1) is 5.82 Å². The van der Waals surface area contributed by atoms with Gasteiger partial charge in [-0.15, -0.1) is 0 Å². The van der Waals surface area contributed by atoms with Gasteiger partial charge in [0.25, 0.3) is 5.91 Å². The molecule has 0 bridgehead atoms. The minimum Gasteiger partial charge on any atom is -0.493 e. The monoisotopic (exact) mass is 626 g/mol. The van der Waals surface area contributed by atoms with Crippen LogP contribution in [0.15, 0.2) is 48.8 Å². The molecule has 0 spiro atoms. The van der Waals surface area contributed by atoms with Gasteiger partial charge >= 0.3 is 5.97 Å². The Bertz CT molecular complexity index is 1640. The van der Waals surface area contributed by atoms with E-state index in [-0.39, 0.29) is 29.9 Å². The number of halogens is 2. The van der Waals surface area contributed by atoms with Crippen molar-refractivity contribution in [2.75, 3.05) is 27.4 Å². The fourth-order valence-corrected chi connectivity index (χ4v) is 5.70. The molecule has 1 amide bonds. The molecule has 0 unspecified atom stereocenters. The van der Waals surface area contributed by atoms with E-state index >= 15 is 0 Å². The molecule has 43 heavy (non-hydrogen) atoms. The van der Waals surface area contributed by atoms with Crippen LogP contribution in [0.1, 0.15) is 33.3 Å². The van der Waals surface area contributed by atoms with Crippen LogP contribution < -0.4 is 4.74 Å². The molecule has 0 atom stereocenters. The summed E-state index contributed by atoms with van der Waals surface area (Å²) in [6, 6.07) is 10.2. The molecular weight excluding hydrogens is 591 g/mol. The summed E-state index contributed by atoms with van der Waals surface area (Å²) in [4.78, 5) is 32.0. The lowest BCUT2D eigenvalue weighted by Gasteiger charge is -2.21. The minimum absolute atomic E-state index is 0.129. The van der Waals surface area contributed by atoms with Gasteiger partial charge in [0.1, 0.15) is 18.3 Å². The molecule has 228 valence electrons.